The van der Waals surface area contributed by atoms with Gasteiger partial charge in [0.1, 0.15) is 11.4 Å². The van der Waals surface area contributed by atoms with E-state index >= 15 is 0 Å². The molecule has 1 N–H and O–H groups in total. The van der Waals surface area contributed by atoms with E-state index in [1.165, 1.54) is 0 Å². The molecule has 2 rings (SSSR count). The van der Waals surface area contributed by atoms with Gasteiger partial charge in [0.15, 0.2) is 5.75 Å². The fraction of sp³-hybridized carbons (Fsp3) is 0.400. The van der Waals surface area contributed by atoms with Gasteiger partial charge in [0.25, 0.3) is 0 Å². The number of benzene rings is 1. The van der Waals surface area contributed by atoms with E-state index in [-0.39, 0.29) is 0 Å². The number of aromatic hydroxyl groups is 1. The van der Waals surface area contributed by atoms with Gasteiger partial charge in [-0.1, -0.05) is 37.6 Å². The van der Waals surface area contributed by atoms with Gasteiger partial charge >= 0.3 is 0 Å². The van der Waals surface area contributed by atoms with E-state index in [0.717, 1.165) is 36.2 Å². The van der Waals surface area contributed by atoms with Crippen LogP contribution in [-0.4, -0.2) is 14.9 Å². The van der Waals surface area contributed by atoms with Crippen LogP contribution in [0, 0.1) is 13.8 Å². The van der Waals surface area contributed by atoms with Gasteiger partial charge in [-0.05, 0) is 25.8 Å². The second-order valence-electron chi connectivity index (χ2n) is 4.67. The smallest absolute Gasteiger partial charge is 0.164 e. The summed E-state index contributed by atoms with van der Waals surface area (Å²) in [5.41, 5.74) is 3.76. The number of hydrogen-bond donors (Lipinski definition) is 1. The molecule has 0 saturated heterocycles. The molecule has 0 bridgehead atoms. The first kappa shape index (κ1) is 12.7. The summed E-state index contributed by atoms with van der Waals surface area (Å²) in [6.45, 7) is 6.91. The maximum absolute atomic E-state index is 10.2. The highest BCUT2D eigenvalue weighted by molar-refractivity contribution is 5.70. The Morgan fingerprint density at radius 3 is 2.61 bits per heavy atom. The molecule has 0 aliphatic carbocycles. The molecule has 18 heavy (non-hydrogen) atoms. The standard InChI is InChI=1S/C15H20N2O/c1-4-5-10-17-14(15(18)12(3)16-17)13-9-7-6-8-11(13)2/h6-9,18H,4-5,10H2,1-3H3. The fourth-order valence-corrected chi connectivity index (χ4v) is 2.15. The van der Waals surface area contributed by atoms with Crippen molar-refractivity contribution in [2.75, 3.05) is 0 Å². The first-order valence-corrected chi connectivity index (χ1v) is 6.47. The van der Waals surface area contributed by atoms with Crippen LogP contribution >= 0.6 is 0 Å². The third-order valence-electron chi connectivity index (χ3n) is 3.22. The topological polar surface area (TPSA) is 38.0 Å². The summed E-state index contributed by atoms with van der Waals surface area (Å²) in [6.07, 6.45) is 2.19. The molecule has 0 aliphatic rings. The maximum atomic E-state index is 10.2. The summed E-state index contributed by atoms with van der Waals surface area (Å²) in [5.74, 6) is 0.306. The Kier molecular flexibility index (Phi) is 3.70. The fourth-order valence-electron chi connectivity index (χ4n) is 2.15. The summed E-state index contributed by atoms with van der Waals surface area (Å²) in [5, 5.41) is 14.6. The van der Waals surface area contributed by atoms with Crippen molar-refractivity contribution < 1.29 is 5.11 Å². The molecule has 0 unspecified atom stereocenters. The normalized spacial score (nSPS) is 10.8. The van der Waals surface area contributed by atoms with Gasteiger partial charge in [0.05, 0.1) is 0 Å². The molecule has 0 aliphatic heterocycles. The third kappa shape index (κ3) is 2.26. The number of aromatic nitrogens is 2. The van der Waals surface area contributed by atoms with Gasteiger partial charge in [0, 0.05) is 12.1 Å². The molecule has 3 heteroatoms. The van der Waals surface area contributed by atoms with E-state index in [4.69, 9.17) is 0 Å². The lowest BCUT2D eigenvalue weighted by molar-refractivity contribution is 0.472. The molecule has 1 aromatic carbocycles. The third-order valence-corrected chi connectivity index (χ3v) is 3.22. The Morgan fingerprint density at radius 1 is 1.22 bits per heavy atom. The Labute approximate surface area is 108 Å². The predicted molar refractivity (Wildman–Crippen MR) is 73.7 cm³/mol. The minimum atomic E-state index is 0.306. The number of aryl methyl sites for hydroxylation is 3. The van der Waals surface area contributed by atoms with Gasteiger partial charge in [-0.2, -0.15) is 5.10 Å². The Morgan fingerprint density at radius 2 is 1.94 bits per heavy atom. The summed E-state index contributed by atoms with van der Waals surface area (Å²) in [7, 11) is 0. The number of rotatable bonds is 4. The summed E-state index contributed by atoms with van der Waals surface area (Å²) in [4.78, 5) is 0. The van der Waals surface area contributed by atoms with Gasteiger partial charge in [-0.25, -0.2) is 0 Å². The van der Waals surface area contributed by atoms with Crippen molar-refractivity contribution in [3.63, 3.8) is 0 Å². The molecule has 0 amide bonds. The van der Waals surface area contributed by atoms with Crippen molar-refractivity contribution in [2.24, 2.45) is 0 Å². The zero-order chi connectivity index (χ0) is 13.1. The van der Waals surface area contributed by atoms with Crippen LogP contribution in [0.3, 0.4) is 0 Å². The van der Waals surface area contributed by atoms with Crippen LogP contribution in [0.4, 0.5) is 0 Å². The second kappa shape index (κ2) is 5.25. The van der Waals surface area contributed by atoms with Gasteiger partial charge in [-0.3, -0.25) is 4.68 Å². The largest absolute Gasteiger partial charge is 0.504 e. The van der Waals surface area contributed by atoms with Gasteiger partial charge in [0.2, 0.25) is 0 Å². The summed E-state index contributed by atoms with van der Waals surface area (Å²) < 4.78 is 1.93. The van der Waals surface area contributed by atoms with Crippen LogP contribution in [0.2, 0.25) is 0 Å². The van der Waals surface area contributed by atoms with Crippen molar-refractivity contribution in [1.82, 2.24) is 9.78 Å². The lowest BCUT2D eigenvalue weighted by Crippen LogP contribution is -2.03. The molecule has 0 atom stereocenters. The zero-order valence-electron chi connectivity index (χ0n) is 11.3. The predicted octanol–water partition coefficient (Wildman–Crippen LogP) is 3.67. The van der Waals surface area contributed by atoms with Crippen LogP contribution in [0.1, 0.15) is 31.0 Å². The van der Waals surface area contributed by atoms with Crippen LogP contribution in [0.15, 0.2) is 24.3 Å². The highest BCUT2D eigenvalue weighted by Crippen LogP contribution is 2.33. The molecule has 96 valence electrons. The molecule has 0 fully saturated rings. The van der Waals surface area contributed by atoms with E-state index in [1.54, 1.807) is 0 Å². The van der Waals surface area contributed by atoms with Crippen molar-refractivity contribution in [3.05, 3.63) is 35.5 Å². The number of unbranched alkanes of at least 4 members (excludes halogenated alkanes) is 1. The number of nitrogens with zero attached hydrogens (tertiary/aromatic N) is 2. The van der Waals surface area contributed by atoms with Crippen LogP contribution in [-0.2, 0) is 6.54 Å². The first-order valence-electron chi connectivity index (χ1n) is 6.47. The van der Waals surface area contributed by atoms with Gasteiger partial charge in [-0.15, -0.1) is 0 Å². The van der Waals surface area contributed by atoms with Crippen molar-refractivity contribution in [2.45, 2.75) is 40.2 Å². The van der Waals surface area contributed by atoms with E-state index in [9.17, 15) is 5.11 Å². The molecule has 0 saturated carbocycles. The number of hydrogen-bond acceptors (Lipinski definition) is 2. The quantitative estimate of drug-likeness (QED) is 0.891. The molecule has 3 nitrogen and oxygen atoms in total. The summed E-state index contributed by atoms with van der Waals surface area (Å²) >= 11 is 0. The first-order chi connectivity index (χ1) is 8.65. The van der Waals surface area contributed by atoms with E-state index < -0.39 is 0 Å². The van der Waals surface area contributed by atoms with Crippen molar-refractivity contribution >= 4 is 0 Å². The van der Waals surface area contributed by atoms with Crippen LogP contribution in [0.5, 0.6) is 5.75 Å². The molecule has 1 aromatic heterocycles. The zero-order valence-corrected chi connectivity index (χ0v) is 11.3. The average molecular weight is 244 g/mol. The van der Waals surface area contributed by atoms with Crippen molar-refractivity contribution in [1.29, 1.82) is 0 Å². The molecule has 0 spiro atoms. The summed E-state index contributed by atoms with van der Waals surface area (Å²) in [6, 6.07) is 8.10. The molecular formula is C15H20N2O. The molecule has 1 heterocycles. The lowest BCUT2D eigenvalue weighted by Gasteiger charge is -2.09. The van der Waals surface area contributed by atoms with E-state index in [1.807, 2.05) is 29.8 Å². The van der Waals surface area contributed by atoms with Crippen LogP contribution < -0.4 is 0 Å². The second-order valence-corrected chi connectivity index (χ2v) is 4.67. The molecular weight excluding hydrogens is 224 g/mol. The Bertz CT molecular complexity index is 543. The highest BCUT2D eigenvalue weighted by Gasteiger charge is 2.16. The minimum Gasteiger partial charge on any atom is -0.504 e. The van der Waals surface area contributed by atoms with Gasteiger partial charge < -0.3 is 5.11 Å². The molecule has 2 aromatic rings. The molecule has 0 radical (unpaired) electrons. The maximum Gasteiger partial charge on any atom is 0.164 e. The SMILES string of the molecule is CCCCn1nc(C)c(O)c1-c1ccccc1C. The Hall–Kier alpha value is -1.77. The van der Waals surface area contributed by atoms with Crippen LogP contribution in [0.25, 0.3) is 11.3 Å². The van der Waals surface area contributed by atoms with Crippen molar-refractivity contribution in [3.8, 4) is 17.0 Å². The Balaban J connectivity index is 2.52. The van der Waals surface area contributed by atoms with E-state index in [0.29, 0.717) is 11.4 Å². The highest BCUT2D eigenvalue weighted by atomic mass is 16.3. The monoisotopic (exact) mass is 244 g/mol. The minimum absolute atomic E-state index is 0.306. The lowest BCUT2D eigenvalue weighted by atomic mass is 10.0. The average Bonchev–Trinajstić information content (AvgIpc) is 2.64. The van der Waals surface area contributed by atoms with E-state index in [2.05, 4.69) is 25.0 Å².